The van der Waals surface area contributed by atoms with Gasteiger partial charge in [0.25, 0.3) is 5.91 Å². The Morgan fingerprint density at radius 3 is 2.79 bits per heavy atom. The summed E-state index contributed by atoms with van der Waals surface area (Å²) in [4.78, 5) is 13.2. The average Bonchev–Trinajstić information content (AvgIpc) is 3.17. The van der Waals surface area contributed by atoms with Crippen molar-refractivity contribution in [3.63, 3.8) is 0 Å². The first-order valence-corrected chi connectivity index (χ1v) is 9.48. The van der Waals surface area contributed by atoms with Crippen LogP contribution in [0.15, 0.2) is 50.4 Å². The Bertz CT molecular complexity index is 1020. The molecular formula is C17H14Br2N6O3. The van der Waals surface area contributed by atoms with E-state index in [1.165, 1.54) is 18.1 Å². The molecule has 0 saturated heterocycles. The molecule has 3 rings (SSSR count). The van der Waals surface area contributed by atoms with Crippen LogP contribution >= 0.6 is 31.9 Å². The molecule has 0 aliphatic rings. The second-order valence-corrected chi connectivity index (χ2v) is 7.03. The molecule has 0 spiro atoms. The van der Waals surface area contributed by atoms with E-state index in [1.54, 1.807) is 6.07 Å². The number of amides is 1. The van der Waals surface area contributed by atoms with Gasteiger partial charge in [-0.05, 0) is 43.1 Å². The van der Waals surface area contributed by atoms with Crippen LogP contribution in [-0.4, -0.2) is 44.5 Å². The highest BCUT2D eigenvalue weighted by molar-refractivity contribution is 9.13. The summed E-state index contributed by atoms with van der Waals surface area (Å²) >= 11 is 6.60. The first kappa shape index (κ1) is 20.0. The molecule has 144 valence electrons. The zero-order chi connectivity index (χ0) is 20.1. The predicted molar refractivity (Wildman–Crippen MR) is 109 cm³/mol. The number of phenolic OH excluding ortho intramolecular Hbond substituents is 1. The van der Waals surface area contributed by atoms with Crippen molar-refractivity contribution in [2.45, 2.75) is 6.54 Å². The zero-order valence-corrected chi connectivity index (χ0v) is 17.7. The van der Waals surface area contributed by atoms with Gasteiger partial charge < -0.3 is 9.84 Å². The summed E-state index contributed by atoms with van der Waals surface area (Å²) in [6, 6.07) is 10.9. The molecule has 28 heavy (non-hydrogen) atoms. The fourth-order valence-corrected chi connectivity index (χ4v) is 3.04. The number of aromatic hydroxyl groups is 1. The van der Waals surface area contributed by atoms with Crippen molar-refractivity contribution in [1.82, 2.24) is 25.6 Å². The highest BCUT2D eigenvalue weighted by Crippen LogP contribution is 2.41. The van der Waals surface area contributed by atoms with E-state index in [1.807, 2.05) is 30.3 Å². The van der Waals surface area contributed by atoms with Gasteiger partial charge >= 0.3 is 0 Å². The van der Waals surface area contributed by atoms with Crippen LogP contribution in [0.25, 0.3) is 11.4 Å². The summed E-state index contributed by atoms with van der Waals surface area (Å²) in [5, 5.41) is 25.8. The minimum atomic E-state index is -0.422. The minimum absolute atomic E-state index is 0.0398. The molecule has 2 N–H and O–H groups in total. The lowest BCUT2D eigenvalue weighted by atomic mass is 10.2. The Labute approximate surface area is 176 Å². The summed E-state index contributed by atoms with van der Waals surface area (Å²) in [6.07, 6.45) is 1.42. The number of benzene rings is 2. The van der Waals surface area contributed by atoms with E-state index in [4.69, 9.17) is 4.74 Å². The third-order valence-corrected chi connectivity index (χ3v) is 5.72. The molecule has 0 unspecified atom stereocenters. The molecule has 0 bridgehead atoms. The lowest BCUT2D eigenvalue weighted by Crippen LogP contribution is -2.24. The van der Waals surface area contributed by atoms with Crippen LogP contribution in [0.3, 0.4) is 0 Å². The predicted octanol–water partition coefficient (Wildman–Crippen LogP) is 2.73. The van der Waals surface area contributed by atoms with Crippen LogP contribution in [0.4, 0.5) is 0 Å². The Balaban J connectivity index is 1.64. The van der Waals surface area contributed by atoms with Gasteiger partial charge in [0.15, 0.2) is 11.5 Å². The first-order chi connectivity index (χ1) is 13.5. The Morgan fingerprint density at radius 1 is 1.32 bits per heavy atom. The van der Waals surface area contributed by atoms with Crippen molar-refractivity contribution < 1.29 is 14.6 Å². The second kappa shape index (κ2) is 8.93. The maximum atomic E-state index is 12.0. The maximum absolute atomic E-state index is 12.0. The number of hydrazone groups is 1. The molecule has 1 aromatic heterocycles. The van der Waals surface area contributed by atoms with Gasteiger partial charge in [0.1, 0.15) is 6.54 Å². The van der Waals surface area contributed by atoms with Crippen molar-refractivity contribution in [3.8, 4) is 22.9 Å². The number of methoxy groups -OCH3 is 1. The van der Waals surface area contributed by atoms with Gasteiger partial charge in [-0.25, -0.2) is 5.43 Å². The topological polar surface area (TPSA) is 115 Å². The van der Waals surface area contributed by atoms with Gasteiger partial charge in [-0.1, -0.05) is 30.3 Å². The van der Waals surface area contributed by atoms with E-state index in [0.29, 0.717) is 20.3 Å². The molecule has 0 aliphatic carbocycles. The van der Waals surface area contributed by atoms with E-state index < -0.39 is 5.91 Å². The molecule has 0 atom stereocenters. The largest absolute Gasteiger partial charge is 0.503 e. The average molecular weight is 510 g/mol. The summed E-state index contributed by atoms with van der Waals surface area (Å²) in [5.74, 6) is 0.237. The van der Waals surface area contributed by atoms with Crippen LogP contribution < -0.4 is 10.2 Å². The van der Waals surface area contributed by atoms with Crippen LogP contribution in [-0.2, 0) is 11.3 Å². The van der Waals surface area contributed by atoms with Crippen molar-refractivity contribution >= 4 is 44.0 Å². The number of halogens is 2. The molecule has 11 heteroatoms. The van der Waals surface area contributed by atoms with E-state index in [9.17, 15) is 9.90 Å². The van der Waals surface area contributed by atoms with Crippen molar-refractivity contribution in [1.29, 1.82) is 0 Å². The van der Waals surface area contributed by atoms with Crippen LogP contribution in [0.2, 0.25) is 0 Å². The maximum Gasteiger partial charge on any atom is 0.263 e. The number of nitrogens with zero attached hydrogens (tertiary/aromatic N) is 5. The number of carbonyl (C=O) groups excluding carboxylic acids is 1. The highest BCUT2D eigenvalue weighted by atomic mass is 79.9. The number of ether oxygens (including phenoxy) is 1. The van der Waals surface area contributed by atoms with E-state index >= 15 is 0 Å². The molecule has 1 heterocycles. The van der Waals surface area contributed by atoms with E-state index in [2.05, 4.69) is 57.8 Å². The third kappa shape index (κ3) is 4.54. The first-order valence-electron chi connectivity index (χ1n) is 7.89. The number of hydrogen-bond donors (Lipinski definition) is 2. The standard InChI is InChI=1S/C17H14Br2N6O3/c1-28-12-7-11(14(18)15(19)16(12)27)8-20-21-13(26)9-25-23-17(22-24-25)10-5-3-2-4-6-10/h2-8,27H,9H2,1H3,(H,21,26). The molecule has 3 aromatic rings. The molecule has 1 amide bonds. The fourth-order valence-electron chi connectivity index (χ4n) is 2.21. The van der Waals surface area contributed by atoms with Crippen LogP contribution in [0.1, 0.15) is 5.56 Å². The lowest BCUT2D eigenvalue weighted by molar-refractivity contribution is -0.122. The number of carbonyl (C=O) groups is 1. The van der Waals surface area contributed by atoms with Crippen molar-refractivity contribution in [3.05, 3.63) is 50.9 Å². The summed E-state index contributed by atoms with van der Waals surface area (Å²) in [6.45, 7) is -0.138. The fraction of sp³-hybridized carbons (Fsp3) is 0.118. The lowest BCUT2D eigenvalue weighted by Gasteiger charge is -2.09. The molecule has 0 aliphatic heterocycles. The van der Waals surface area contributed by atoms with Crippen LogP contribution in [0.5, 0.6) is 11.5 Å². The number of hydrogen-bond acceptors (Lipinski definition) is 7. The Kier molecular flexibility index (Phi) is 6.37. The molecule has 0 radical (unpaired) electrons. The summed E-state index contributed by atoms with van der Waals surface area (Å²) in [7, 11) is 1.44. The number of phenols is 1. The third-order valence-electron chi connectivity index (χ3n) is 3.56. The Hall–Kier alpha value is -2.79. The molecule has 0 fully saturated rings. The summed E-state index contributed by atoms with van der Waals surface area (Å²) < 4.78 is 6.07. The minimum Gasteiger partial charge on any atom is -0.503 e. The van der Waals surface area contributed by atoms with E-state index in [0.717, 1.165) is 5.56 Å². The molecule has 9 nitrogen and oxygen atoms in total. The van der Waals surface area contributed by atoms with Crippen molar-refractivity contribution in [2.24, 2.45) is 5.10 Å². The molecule has 2 aromatic carbocycles. The van der Waals surface area contributed by atoms with Crippen molar-refractivity contribution in [2.75, 3.05) is 7.11 Å². The highest BCUT2D eigenvalue weighted by Gasteiger charge is 2.14. The number of rotatable bonds is 6. The molecule has 0 saturated carbocycles. The zero-order valence-electron chi connectivity index (χ0n) is 14.5. The SMILES string of the molecule is COc1cc(C=NNC(=O)Cn2nnc(-c3ccccc3)n2)c(Br)c(Br)c1O. The Morgan fingerprint density at radius 2 is 2.07 bits per heavy atom. The number of nitrogens with one attached hydrogen (secondary N) is 1. The normalized spacial score (nSPS) is 11.0. The van der Waals surface area contributed by atoms with Gasteiger partial charge in [0.05, 0.1) is 17.8 Å². The quantitative estimate of drug-likeness (QED) is 0.390. The number of tetrazole rings is 1. The number of aromatic nitrogens is 4. The van der Waals surface area contributed by atoms with Gasteiger partial charge in [-0.3, -0.25) is 4.79 Å². The monoisotopic (exact) mass is 508 g/mol. The van der Waals surface area contributed by atoms with E-state index in [-0.39, 0.29) is 18.0 Å². The van der Waals surface area contributed by atoms with Gasteiger partial charge in [0.2, 0.25) is 5.82 Å². The van der Waals surface area contributed by atoms with Gasteiger partial charge in [-0.15, -0.1) is 10.2 Å². The van der Waals surface area contributed by atoms with Gasteiger partial charge in [0, 0.05) is 15.6 Å². The smallest absolute Gasteiger partial charge is 0.263 e. The van der Waals surface area contributed by atoms with Gasteiger partial charge in [-0.2, -0.15) is 9.90 Å². The summed E-state index contributed by atoms with van der Waals surface area (Å²) in [5.41, 5.74) is 3.79. The van der Waals surface area contributed by atoms with Crippen LogP contribution in [0, 0.1) is 0 Å². The second-order valence-electron chi connectivity index (χ2n) is 5.45. The molecular weight excluding hydrogens is 496 g/mol.